The molecule has 78 valence electrons. The topological polar surface area (TPSA) is 22.1 Å². The molecular weight excluding hydrogens is 205 g/mol. The van der Waals surface area contributed by atoms with Gasteiger partial charge in [-0.05, 0) is 24.3 Å². The van der Waals surface area contributed by atoms with E-state index >= 15 is 0 Å². The summed E-state index contributed by atoms with van der Waals surface area (Å²) in [5, 5.41) is 0. The van der Waals surface area contributed by atoms with Crippen LogP contribution in [0.4, 0.5) is 4.39 Å². The molecule has 1 aromatic carbocycles. The van der Waals surface area contributed by atoms with E-state index < -0.39 is 5.82 Å². The molecule has 2 rings (SSSR count). The van der Waals surface area contributed by atoms with Crippen molar-refractivity contribution in [3.05, 3.63) is 54.0 Å². The van der Waals surface area contributed by atoms with Crippen LogP contribution in [-0.2, 0) is 0 Å². The first-order chi connectivity index (χ1) is 7.79. The van der Waals surface area contributed by atoms with E-state index in [9.17, 15) is 4.39 Å². The lowest BCUT2D eigenvalue weighted by Crippen LogP contribution is -1.90. The SMILES string of the molecule is C#Cc1ccc(Oc2ccccn2)c(F)c1. The summed E-state index contributed by atoms with van der Waals surface area (Å²) in [6, 6.07) is 9.51. The van der Waals surface area contributed by atoms with Gasteiger partial charge in [-0.2, -0.15) is 0 Å². The van der Waals surface area contributed by atoms with Gasteiger partial charge in [-0.25, -0.2) is 9.37 Å². The van der Waals surface area contributed by atoms with E-state index in [1.807, 2.05) is 0 Å². The van der Waals surface area contributed by atoms with Crippen molar-refractivity contribution in [2.24, 2.45) is 0 Å². The zero-order valence-corrected chi connectivity index (χ0v) is 8.35. The average molecular weight is 213 g/mol. The van der Waals surface area contributed by atoms with Crippen molar-refractivity contribution < 1.29 is 9.13 Å². The van der Waals surface area contributed by atoms with Crippen molar-refractivity contribution in [1.29, 1.82) is 0 Å². The monoisotopic (exact) mass is 213 g/mol. The lowest BCUT2D eigenvalue weighted by Gasteiger charge is -2.05. The Morgan fingerprint density at radius 1 is 1.25 bits per heavy atom. The minimum atomic E-state index is -0.499. The summed E-state index contributed by atoms with van der Waals surface area (Å²) in [6.07, 6.45) is 6.72. The van der Waals surface area contributed by atoms with Crippen LogP contribution >= 0.6 is 0 Å². The van der Waals surface area contributed by atoms with Crippen LogP contribution < -0.4 is 4.74 Å². The quantitative estimate of drug-likeness (QED) is 0.715. The molecule has 0 aliphatic rings. The second kappa shape index (κ2) is 4.45. The summed E-state index contributed by atoms with van der Waals surface area (Å²) < 4.78 is 18.7. The van der Waals surface area contributed by atoms with Gasteiger partial charge in [0.2, 0.25) is 5.88 Å². The lowest BCUT2D eigenvalue weighted by atomic mass is 10.2. The second-order valence-corrected chi connectivity index (χ2v) is 3.06. The molecule has 0 atom stereocenters. The minimum Gasteiger partial charge on any atom is -0.436 e. The molecule has 2 nitrogen and oxygen atoms in total. The van der Waals surface area contributed by atoms with Gasteiger partial charge in [0.25, 0.3) is 0 Å². The first-order valence-electron chi connectivity index (χ1n) is 4.64. The van der Waals surface area contributed by atoms with Crippen molar-refractivity contribution >= 4 is 0 Å². The van der Waals surface area contributed by atoms with E-state index in [2.05, 4.69) is 10.9 Å². The molecule has 0 aliphatic carbocycles. The number of nitrogens with zero attached hydrogens (tertiary/aromatic N) is 1. The summed E-state index contributed by atoms with van der Waals surface area (Å²) >= 11 is 0. The Labute approximate surface area is 92.7 Å². The number of pyridine rings is 1. The number of benzene rings is 1. The molecule has 2 aromatic rings. The molecule has 0 spiro atoms. The molecule has 0 radical (unpaired) electrons. The number of rotatable bonds is 2. The summed E-state index contributed by atoms with van der Waals surface area (Å²) in [4.78, 5) is 3.93. The van der Waals surface area contributed by atoms with Gasteiger partial charge in [-0.1, -0.05) is 12.0 Å². The van der Waals surface area contributed by atoms with Gasteiger partial charge in [0.05, 0.1) is 0 Å². The molecule has 0 amide bonds. The molecule has 16 heavy (non-hydrogen) atoms. The largest absolute Gasteiger partial charge is 0.436 e. The van der Waals surface area contributed by atoms with Crippen molar-refractivity contribution in [3.63, 3.8) is 0 Å². The van der Waals surface area contributed by atoms with Crippen LogP contribution in [0.1, 0.15) is 5.56 Å². The Kier molecular flexibility index (Phi) is 2.84. The van der Waals surface area contributed by atoms with Crippen molar-refractivity contribution in [1.82, 2.24) is 4.98 Å². The standard InChI is InChI=1S/C13H8FNO/c1-2-10-6-7-12(11(14)9-10)16-13-5-3-4-8-15-13/h1,3-9H. The maximum Gasteiger partial charge on any atom is 0.219 e. The van der Waals surface area contributed by atoms with Gasteiger partial charge in [0.1, 0.15) is 0 Å². The summed E-state index contributed by atoms with van der Waals surface area (Å²) in [5.41, 5.74) is 0.478. The van der Waals surface area contributed by atoms with E-state index in [0.717, 1.165) is 0 Å². The van der Waals surface area contributed by atoms with Crippen LogP contribution in [0.25, 0.3) is 0 Å². The highest BCUT2D eigenvalue weighted by Gasteiger charge is 2.05. The Hall–Kier alpha value is -2.34. The van der Waals surface area contributed by atoms with Crippen LogP contribution in [0.5, 0.6) is 11.6 Å². The van der Waals surface area contributed by atoms with Gasteiger partial charge in [0.15, 0.2) is 11.6 Å². The van der Waals surface area contributed by atoms with Crippen LogP contribution in [0.15, 0.2) is 42.6 Å². The van der Waals surface area contributed by atoms with Crippen LogP contribution in [0.3, 0.4) is 0 Å². The number of hydrogen-bond acceptors (Lipinski definition) is 2. The fourth-order valence-electron chi connectivity index (χ4n) is 1.19. The van der Waals surface area contributed by atoms with Gasteiger partial charge in [-0.15, -0.1) is 6.42 Å². The average Bonchev–Trinajstić information content (AvgIpc) is 2.33. The molecule has 1 heterocycles. The van der Waals surface area contributed by atoms with Crippen molar-refractivity contribution in [3.8, 4) is 24.0 Å². The van der Waals surface area contributed by atoms with Crippen molar-refractivity contribution in [2.45, 2.75) is 0 Å². The minimum absolute atomic E-state index is 0.109. The second-order valence-electron chi connectivity index (χ2n) is 3.06. The Balaban J connectivity index is 2.27. The molecule has 0 aliphatic heterocycles. The predicted molar refractivity (Wildman–Crippen MR) is 58.6 cm³/mol. The first kappa shape index (κ1) is 10.2. The summed E-state index contributed by atoms with van der Waals surface area (Å²) in [6.45, 7) is 0. The third-order valence-corrected chi connectivity index (χ3v) is 1.95. The van der Waals surface area contributed by atoms with Gasteiger partial charge < -0.3 is 4.74 Å². The fourth-order valence-corrected chi connectivity index (χ4v) is 1.19. The molecule has 0 unspecified atom stereocenters. The van der Waals surface area contributed by atoms with Crippen LogP contribution in [0.2, 0.25) is 0 Å². The Morgan fingerprint density at radius 3 is 2.75 bits per heavy atom. The molecular formula is C13H8FNO. The zero-order chi connectivity index (χ0) is 11.4. The number of ether oxygens (including phenoxy) is 1. The lowest BCUT2D eigenvalue weighted by molar-refractivity contribution is 0.427. The van der Waals surface area contributed by atoms with E-state index in [0.29, 0.717) is 11.4 Å². The van der Waals surface area contributed by atoms with Crippen molar-refractivity contribution in [2.75, 3.05) is 0 Å². The van der Waals surface area contributed by atoms with Gasteiger partial charge in [-0.3, -0.25) is 0 Å². The summed E-state index contributed by atoms with van der Waals surface area (Å²) in [7, 11) is 0. The molecule has 3 heteroatoms. The molecule has 0 bridgehead atoms. The van der Waals surface area contributed by atoms with Crippen LogP contribution in [-0.4, -0.2) is 4.98 Å². The van der Waals surface area contributed by atoms with Gasteiger partial charge >= 0.3 is 0 Å². The normalized spacial score (nSPS) is 9.50. The first-order valence-corrected chi connectivity index (χ1v) is 4.64. The highest BCUT2D eigenvalue weighted by atomic mass is 19.1. The third kappa shape index (κ3) is 2.18. The Morgan fingerprint density at radius 2 is 2.12 bits per heavy atom. The van der Waals surface area contributed by atoms with E-state index in [-0.39, 0.29) is 5.75 Å². The zero-order valence-electron chi connectivity index (χ0n) is 8.35. The number of terminal acetylenes is 1. The summed E-state index contributed by atoms with van der Waals surface area (Å²) in [5.74, 6) is 2.30. The predicted octanol–water partition coefficient (Wildman–Crippen LogP) is 2.99. The number of halogens is 1. The number of hydrogen-bond donors (Lipinski definition) is 0. The highest BCUT2D eigenvalue weighted by molar-refractivity contribution is 5.39. The smallest absolute Gasteiger partial charge is 0.219 e. The molecule has 1 aromatic heterocycles. The maximum absolute atomic E-state index is 13.5. The maximum atomic E-state index is 13.5. The molecule has 0 fully saturated rings. The van der Waals surface area contributed by atoms with Gasteiger partial charge in [0, 0.05) is 17.8 Å². The Bertz CT molecular complexity index is 531. The highest BCUT2D eigenvalue weighted by Crippen LogP contribution is 2.23. The van der Waals surface area contributed by atoms with Crippen LogP contribution in [0, 0.1) is 18.2 Å². The molecule has 0 N–H and O–H groups in total. The molecule has 0 saturated heterocycles. The van der Waals surface area contributed by atoms with E-state index in [1.165, 1.54) is 12.1 Å². The number of aromatic nitrogens is 1. The third-order valence-electron chi connectivity index (χ3n) is 1.95. The van der Waals surface area contributed by atoms with E-state index in [4.69, 9.17) is 11.2 Å². The van der Waals surface area contributed by atoms with E-state index in [1.54, 1.807) is 30.5 Å². The molecule has 0 saturated carbocycles. The fraction of sp³-hybridized carbons (Fsp3) is 0.